The standard InChI is InChI=1S/C10H15FO4/c1-4-7(11)8(9(12)14-5-2)10(13)15-6-3/h4,7-8H,1,5-6H2,2-3H3. The Balaban J connectivity index is 4.63. The molecule has 0 aromatic carbocycles. The first kappa shape index (κ1) is 13.6. The monoisotopic (exact) mass is 218 g/mol. The van der Waals surface area contributed by atoms with Crippen molar-refractivity contribution in [3.8, 4) is 0 Å². The van der Waals surface area contributed by atoms with Gasteiger partial charge in [0.25, 0.3) is 0 Å². The molecule has 86 valence electrons. The second-order valence-electron chi connectivity index (χ2n) is 2.66. The zero-order valence-electron chi connectivity index (χ0n) is 8.86. The molecule has 4 nitrogen and oxygen atoms in total. The lowest BCUT2D eigenvalue weighted by molar-refractivity contribution is -0.163. The fraction of sp³-hybridized carbons (Fsp3) is 0.600. The second kappa shape index (κ2) is 6.98. The first-order valence-corrected chi connectivity index (χ1v) is 4.68. The number of carbonyl (C=O) groups excluding carboxylic acids is 2. The van der Waals surface area contributed by atoms with Crippen molar-refractivity contribution in [1.29, 1.82) is 0 Å². The molecule has 0 saturated heterocycles. The number of rotatable bonds is 6. The third-order valence-electron chi connectivity index (χ3n) is 1.62. The molecule has 1 unspecified atom stereocenters. The van der Waals surface area contributed by atoms with Crippen LogP contribution in [-0.4, -0.2) is 31.3 Å². The fourth-order valence-electron chi connectivity index (χ4n) is 0.956. The van der Waals surface area contributed by atoms with Crippen molar-refractivity contribution >= 4 is 11.9 Å². The molecule has 0 fully saturated rings. The van der Waals surface area contributed by atoms with Crippen LogP contribution < -0.4 is 0 Å². The van der Waals surface area contributed by atoms with Gasteiger partial charge in [0.05, 0.1) is 13.2 Å². The lowest BCUT2D eigenvalue weighted by Crippen LogP contribution is -2.34. The van der Waals surface area contributed by atoms with Gasteiger partial charge in [-0.2, -0.15) is 0 Å². The predicted molar refractivity (Wildman–Crippen MR) is 51.8 cm³/mol. The van der Waals surface area contributed by atoms with Crippen molar-refractivity contribution in [2.24, 2.45) is 5.92 Å². The Kier molecular flexibility index (Phi) is 6.33. The van der Waals surface area contributed by atoms with E-state index in [2.05, 4.69) is 16.1 Å². The highest BCUT2D eigenvalue weighted by Crippen LogP contribution is 2.13. The third kappa shape index (κ3) is 4.10. The molecule has 0 aromatic rings. The number of ether oxygens (including phenoxy) is 2. The molecule has 0 aromatic heterocycles. The van der Waals surface area contributed by atoms with Gasteiger partial charge in [-0.25, -0.2) is 4.39 Å². The van der Waals surface area contributed by atoms with E-state index >= 15 is 0 Å². The fourth-order valence-corrected chi connectivity index (χ4v) is 0.956. The van der Waals surface area contributed by atoms with Crippen LogP contribution >= 0.6 is 0 Å². The van der Waals surface area contributed by atoms with E-state index in [1.807, 2.05) is 0 Å². The number of hydrogen-bond acceptors (Lipinski definition) is 4. The van der Waals surface area contributed by atoms with Gasteiger partial charge in [0.15, 0.2) is 5.92 Å². The van der Waals surface area contributed by atoms with Crippen molar-refractivity contribution < 1.29 is 23.5 Å². The van der Waals surface area contributed by atoms with Gasteiger partial charge >= 0.3 is 11.9 Å². The van der Waals surface area contributed by atoms with Gasteiger partial charge in [0.1, 0.15) is 6.17 Å². The lowest BCUT2D eigenvalue weighted by Gasteiger charge is -2.15. The minimum atomic E-state index is -1.79. The van der Waals surface area contributed by atoms with Crippen molar-refractivity contribution in [1.82, 2.24) is 0 Å². The van der Waals surface area contributed by atoms with Crippen molar-refractivity contribution in [2.75, 3.05) is 13.2 Å². The van der Waals surface area contributed by atoms with Crippen molar-refractivity contribution in [2.45, 2.75) is 20.0 Å². The maximum absolute atomic E-state index is 13.2. The molecule has 0 saturated carbocycles. The van der Waals surface area contributed by atoms with E-state index in [0.29, 0.717) is 0 Å². The van der Waals surface area contributed by atoms with Crippen LogP contribution in [-0.2, 0) is 19.1 Å². The minimum Gasteiger partial charge on any atom is -0.465 e. The molecule has 0 rings (SSSR count). The van der Waals surface area contributed by atoms with Gasteiger partial charge in [-0.1, -0.05) is 6.08 Å². The van der Waals surface area contributed by atoms with Gasteiger partial charge in [-0.15, -0.1) is 6.58 Å². The largest absolute Gasteiger partial charge is 0.465 e. The van der Waals surface area contributed by atoms with E-state index in [1.165, 1.54) is 0 Å². The molecule has 0 aliphatic carbocycles. The van der Waals surface area contributed by atoms with Crippen LogP contribution in [0.15, 0.2) is 12.7 Å². The number of alkyl halides is 1. The molecule has 0 bridgehead atoms. The summed E-state index contributed by atoms with van der Waals surface area (Å²) in [6.45, 7) is 6.48. The van der Waals surface area contributed by atoms with Crippen LogP contribution in [0.1, 0.15) is 13.8 Å². The summed E-state index contributed by atoms with van der Waals surface area (Å²) in [5.41, 5.74) is 0. The number of hydrogen-bond donors (Lipinski definition) is 0. The normalized spacial score (nSPS) is 12.0. The molecule has 0 spiro atoms. The van der Waals surface area contributed by atoms with Crippen LogP contribution in [0.2, 0.25) is 0 Å². The van der Waals surface area contributed by atoms with E-state index in [4.69, 9.17) is 0 Å². The second-order valence-corrected chi connectivity index (χ2v) is 2.66. The first-order valence-electron chi connectivity index (χ1n) is 4.68. The zero-order chi connectivity index (χ0) is 11.8. The summed E-state index contributed by atoms with van der Waals surface area (Å²) in [6.07, 6.45) is -0.915. The molecule has 1 atom stereocenters. The number of esters is 2. The van der Waals surface area contributed by atoms with E-state index < -0.39 is 24.0 Å². The maximum Gasteiger partial charge on any atom is 0.323 e. The van der Waals surface area contributed by atoms with Gasteiger partial charge in [-0.05, 0) is 13.8 Å². The topological polar surface area (TPSA) is 52.6 Å². The Hall–Kier alpha value is -1.39. The lowest BCUT2D eigenvalue weighted by atomic mass is 10.0. The highest BCUT2D eigenvalue weighted by Gasteiger charge is 2.36. The van der Waals surface area contributed by atoms with E-state index in [-0.39, 0.29) is 13.2 Å². The van der Waals surface area contributed by atoms with E-state index in [9.17, 15) is 14.0 Å². The third-order valence-corrected chi connectivity index (χ3v) is 1.62. The van der Waals surface area contributed by atoms with Crippen LogP contribution in [0.25, 0.3) is 0 Å². The van der Waals surface area contributed by atoms with Crippen molar-refractivity contribution in [3.63, 3.8) is 0 Å². The highest BCUT2D eigenvalue weighted by atomic mass is 19.1. The minimum absolute atomic E-state index is 0.0819. The molecule has 0 radical (unpaired) electrons. The molecule has 0 N–H and O–H groups in total. The molecule has 0 aliphatic heterocycles. The highest BCUT2D eigenvalue weighted by molar-refractivity contribution is 5.95. The van der Waals surface area contributed by atoms with Gasteiger partial charge < -0.3 is 9.47 Å². The molecule has 0 heterocycles. The van der Waals surface area contributed by atoms with E-state index in [1.54, 1.807) is 13.8 Å². The van der Waals surface area contributed by atoms with Crippen molar-refractivity contribution in [3.05, 3.63) is 12.7 Å². The summed E-state index contributed by atoms with van der Waals surface area (Å²) >= 11 is 0. The quantitative estimate of drug-likeness (QED) is 0.382. The summed E-state index contributed by atoms with van der Waals surface area (Å²) in [5, 5.41) is 0. The maximum atomic E-state index is 13.2. The molecular weight excluding hydrogens is 203 g/mol. The SMILES string of the molecule is C=CC(F)C(C(=O)OCC)C(=O)OCC. The number of carbonyl (C=O) groups is 2. The van der Waals surface area contributed by atoms with Crippen LogP contribution in [0.3, 0.4) is 0 Å². The Morgan fingerprint density at radius 3 is 1.93 bits per heavy atom. The average molecular weight is 218 g/mol. The predicted octanol–water partition coefficient (Wildman–Crippen LogP) is 1.25. The molecule has 0 amide bonds. The number of allylic oxidation sites excluding steroid dienone is 1. The Bertz CT molecular complexity index is 222. The van der Waals surface area contributed by atoms with Crippen LogP contribution in [0.5, 0.6) is 0 Å². The smallest absolute Gasteiger partial charge is 0.323 e. The molecular formula is C10H15FO4. The molecule has 0 aliphatic rings. The average Bonchev–Trinajstić information content (AvgIpc) is 2.18. The van der Waals surface area contributed by atoms with Crippen LogP contribution in [0, 0.1) is 5.92 Å². The Labute approximate surface area is 88.0 Å². The Morgan fingerprint density at radius 2 is 1.67 bits per heavy atom. The summed E-state index contributed by atoms with van der Waals surface area (Å²) in [7, 11) is 0. The van der Waals surface area contributed by atoms with Gasteiger partial charge in [-0.3, -0.25) is 9.59 Å². The zero-order valence-corrected chi connectivity index (χ0v) is 8.86. The van der Waals surface area contributed by atoms with Crippen LogP contribution in [0.4, 0.5) is 4.39 Å². The number of halogens is 1. The van der Waals surface area contributed by atoms with Gasteiger partial charge in [0, 0.05) is 0 Å². The van der Waals surface area contributed by atoms with Gasteiger partial charge in [0.2, 0.25) is 0 Å². The summed E-state index contributed by atoms with van der Waals surface area (Å²) in [4.78, 5) is 22.5. The summed E-state index contributed by atoms with van der Waals surface area (Å²) in [5.74, 6) is -3.42. The summed E-state index contributed by atoms with van der Waals surface area (Å²) < 4.78 is 22.4. The first-order chi connectivity index (χ1) is 7.08. The molecule has 5 heteroatoms. The summed E-state index contributed by atoms with van der Waals surface area (Å²) in [6, 6.07) is 0. The molecule has 15 heavy (non-hydrogen) atoms. The van der Waals surface area contributed by atoms with E-state index in [0.717, 1.165) is 6.08 Å². The Morgan fingerprint density at radius 1 is 1.27 bits per heavy atom.